The van der Waals surface area contributed by atoms with Gasteiger partial charge in [-0.2, -0.15) is 0 Å². The van der Waals surface area contributed by atoms with Crippen molar-refractivity contribution in [3.05, 3.63) is 47.8 Å². The lowest BCUT2D eigenvalue weighted by Gasteiger charge is -2.00. The third kappa shape index (κ3) is 2.92. The van der Waals surface area contributed by atoms with E-state index in [1.807, 2.05) is 12.1 Å². The van der Waals surface area contributed by atoms with Crippen molar-refractivity contribution in [3.8, 4) is 0 Å². The van der Waals surface area contributed by atoms with Gasteiger partial charge < -0.3 is 8.83 Å². The summed E-state index contributed by atoms with van der Waals surface area (Å²) in [6, 6.07) is 5.52. The number of carbonyl (C=O) groups excluding carboxylic acids is 1. The predicted molar refractivity (Wildman–Crippen MR) is 64.1 cm³/mol. The fourth-order valence-corrected chi connectivity index (χ4v) is 2.29. The van der Waals surface area contributed by atoms with Crippen molar-refractivity contribution in [2.24, 2.45) is 5.84 Å². The first-order chi connectivity index (χ1) is 8.31. The van der Waals surface area contributed by atoms with Crippen LogP contribution in [-0.2, 0) is 11.5 Å². The summed E-state index contributed by atoms with van der Waals surface area (Å²) >= 11 is 1.64. The van der Waals surface area contributed by atoms with Gasteiger partial charge >= 0.3 is 5.91 Å². The van der Waals surface area contributed by atoms with Crippen molar-refractivity contribution >= 4 is 17.7 Å². The van der Waals surface area contributed by atoms with Gasteiger partial charge in [0.15, 0.2) is 5.76 Å². The molecule has 0 spiro atoms. The molecule has 2 aromatic heterocycles. The summed E-state index contributed by atoms with van der Waals surface area (Å²) in [4.78, 5) is 11.3. The van der Waals surface area contributed by atoms with Gasteiger partial charge in [0, 0.05) is 11.3 Å². The van der Waals surface area contributed by atoms with E-state index in [9.17, 15) is 4.79 Å². The van der Waals surface area contributed by atoms with E-state index >= 15 is 0 Å². The summed E-state index contributed by atoms with van der Waals surface area (Å²) in [6.45, 7) is 0. The third-order valence-electron chi connectivity index (χ3n) is 2.17. The summed E-state index contributed by atoms with van der Waals surface area (Å²) in [5.74, 6) is 7.23. The Hall–Kier alpha value is -1.66. The van der Waals surface area contributed by atoms with Crippen molar-refractivity contribution in [3.63, 3.8) is 0 Å². The highest BCUT2D eigenvalue weighted by Gasteiger charge is 2.13. The largest absolute Gasteiger partial charge is 0.468 e. The molecule has 0 unspecified atom stereocenters. The number of thioether (sulfide) groups is 1. The summed E-state index contributed by atoms with van der Waals surface area (Å²) in [7, 11) is 0. The molecule has 3 N–H and O–H groups in total. The number of nitrogens with one attached hydrogen (secondary N) is 1. The number of hydrogen-bond donors (Lipinski definition) is 2. The number of carbonyl (C=O) groups is 1. The van der Waals surface area contributed by atoms with E-state index in [0.717, 1.165) is 17.1 Å². The van der Waals surface area contributed by atoms with E-state index in [-0.39, 0.29) is 5.76 Å². The highest BCUT2D eigenvalue weighted by atomic mass is 32.2. The van der Waals surface area contributed by atoms with Crippen LogP contribution in [0.1, 0.15) is 21.9 Å². The quantitative estimate of drug-likeness (QED) is 0.482. The SMILES string of the molecule is NNC(=O)c1occc1CSCc1ccco1. The summed E-state index contributed by atoms with van der Waals surface area (Å²) in [6.07, 6.45) is 3.12. The molecule has 2 heterocycles. The molecule has 90 valence electrons. The Kier molecular flexibility index (Phi) is 3.89. The second-order valence-electron chi connectivity index (χ2n) is 3.32. The van der Waals surface area contributed by atoms with Gasteiger partial charge in [-0.15, -0.1) is 11.8 Å². The molecule has 6 heteroatoms. The zero-order valence-corrected chi connectivity index (χ0v) is 9.83. The average molecular weight is 252 g/mol. The maximum Gasteiger partial charge on any atom is 0.301 e. The third-order valence-corrected chi connectivity index (χ3v) is 3.17. The molecule has 5 nitrogen and oxygen atoms in total. The van der Waals surface area contributed by atoms with E-state index < -0.39 is 5.91 Å². The van der Waals surface area contributed by atoms with Gasteiger partial charge in [-0.05, 0) is 18.2 Å². The maximum absolute atomic E-state index is 11.3. The number of amides is 1. The Balaban J connectivity index is 1.91. The molecule has 0 saturated carbocycles. The van der Waals surface area contributed by atoms with Gasteiger partial charge in [-0.25, -0.2) is 5.84 Å². The zero-order chi connectivity index (χ0) is 12.1. The van der Waals surface area contributed by atoms with Crippen molar-refractivity contribution < 1.29 is 13.6 Å². The Labute approximate surface area is 102 Å². The monoisotopic (exact) mass is 252 g/mol. The van der Waals surface area contributed by atoms with Crippen LogP contribution in [0.15, 0.2) is 39.6 Å². The molecule has 0 bridgehead atoms. The van der Waals surface area contributed by atoms with Crippen molar-refractivity contribution in [1.82, 2.24) is 5.43 Å². The lowest BCUT2D eigenvalue weighted by atomic mass is 10.3. The first kappa shape index (κ1) is 11.8. The smallest absolute Gasteiger partial charge is 0.301 e. The van der Waals surface area contributed by atoms with E-state index in [1.165, 1.54) is 6.26 Å². The molecular weight excluding hydrogens is 240 g/mol. The molecule has 0 saturated heterocycles. The van der Waals surface area contributed by atoms with Crippen LogP contribution in [0.2, 0.25) is 0 Å². The van der Waals surface area contributed by atoms with Gasteiger partial charge in [-0.1, -0.05) is 0 Å². The molecular formula is C11H12N2O3S. The van der Waals surface area contributed by atoms with Crippen molar-refractivity contribution in [2.45, 2.75) is 11.5 Å². The predicted octanol–water partition coefficient (Wildman–Crippen LogP) is 1.91. The number of hydrazine groups is 1. The van der Waals surface area contributed by atoms with Gasteiger partial charge in [0.1, 0.15) is 5.76 Å². The van der Waals surface area contributed by atoms with Gasteiger partial charge in [0.05, 0.1) is 18.3 Å². The normalized spacial score (nSPS) is 10.4. The van der Waals surface area contributed by atoms with Crippen molar-refractivity contribution in [1.29, 1.82) is 0 Å². The molecule has 0 aliphatic carbocycles. The Bertz CT molecular complexity index is 479. The molecule has 0 fully saturated rings. The fourth-order valence-electron chi connectivity index (χ4n) is 1.37. The number of furan rings is 2. The van der Waals surface area contributed by atoms with E-state index in [2.05, 4.69) is 5.43 Å². The number of hydrogen-bond acceptors (Lipinski definition) is 5. The summed E-state index contributed by atoms with van der Waals surface area (Å²) < 4.78 is 10.3. The fraction of sp³-hybridized carbons (Fsp3) is 0.182. The summed E-state index contributed by atoms with van der Waals surface area (Å²) in [5.41, 5.74) is 2.87. The summed E-state index contributed by atoms with van der Waals surface area (Å²) in [5, 5.41) is 0. The van der Waals surface area contributed by atoms with Crippen LogP contribution in [0.25, 0.3) is 0 Å². The van der Waals surface area contributed by atoms with Gasteiger partial charge in [-0.3, -0.25) is 10.2 Å². The molecule has 0 aliphatic heterocycles. The molecule has 17 heavy (non-hydrogen) atoms. The van der Waals surface area contributed by atoms with E-state index in [4.69, 9.17) is 14.7 Å². The zero-order valence-electron chi connectivity index (χ0n) is 9.01. The number of nitrogens with two attached hydrogens (primary N) is 1. The average Bonchev–Trinajstić information content (AvgIpc) is 2.99. The van der Waals surface area contributed by atoms with Crippen molar-refractivity contribution in [2.75, 3.05) is 0 Å². The molecule has 2 rings (SSSR count). The lowest BCUT2D eigenvalue weighted by Crippen LogP contribution is -2.30. The molecule has 2 aromatic rings. The molecule has 0 atom stereocenters. The Morgan fingerprint density at radius 2 is 2.18 bits per heavy atom. The second-order valence-corrected chi connectivity index (χ2v) is 4.31. The lowest BCUT2D eigenvalue weighted by molar-refractivity contribution is 0.0925. The van der Waals surface area contributed by atoms with Gasteiger partial charge in [0.2, 0.25) is 0 Å². The minimum atomic E-state index is -0.413. The topological polar surface area (TPSA) is 81.4 Å². The minimum absolute atomic E-state index is 0.263. The van der Waals surface area contributed by atoms with Crippen LogP contribution in [0.3, 0.4) is 0 Å². The second kappa shape index (κ2) is 5.60. The van der Waals surface area contributed by atoms with Crippen LogP contribution >= 0.6 is 11.8 Å². The highest BCUT2D eigenvalue weighted by molar-refractivity contribution is 7.97. The van der Waals surface area contributed by atoms with E-state index in [0.29, 0.717) is 5.75 Å². The van der Waals surface area contributed by atoms with Crippen LogP contribution in [-0.4, -0.2) is 5.91 Å². The number of nitrogen functional groups attached to an aromatic ring is 1. The van der Waals surface area contributed by atoms with Crippen LogP contribution in [0.5, 0.6) is 0 Å². The molecule has 1 amide bonds. The molecule has 0 aromatic carbocycles. The maximum atomic E-state index is 11.3. The minimum Gasteiger partial charge on any atom is -0.468 e. The first-order valence-corrected chi connectivity index (χ1v) is 6.14. The van der Waals surface area contributed by atoms with Gasteiger partial charge in [0.25, 0.3) is 0 Å². The first-order valence-electron chi connectivity index (χ1n) is 4.98. The highest BCUT2D eigenvalue weighted by Crippen LogP contribution is 2.21. The Morgan fingerprint density at radius 1 is 1.29 bits per heavy atom. The van der Waals surface area contributed by atoms with Crippen LogP contribution < -0.4 is 11.3 Å². The number of rotatable bonds is 5. The standard InChI is InChI=1S/C11H12N2O3S/c12-13-11(14)10-8(3-5-16-10)6-17-7-9-2-1-4-15-9/h1-5H,6-7,12H2,(H,13,14). The molecule has 0 aliphatic rings. The van der Waals surface area contributed by atoms with E-state index in [1.54, 1.807) is 24.1 Å². The molecule has 0 radical (unpaired) electrons. The Morgan fingerprint density at radius 3 is 2.88 bits per heavy atom. The van der Waals surface area contributed by atoms with Crippen LogP contribution in [0.4, 0.5) is 0 Å². The van der Waals surface area contributed by atoms with Crippen LogP contribution in [0, 0.1) is 0 Å².